The number of benzene rings is 2. The molecule has 6 heteroatoms. The monoisotopic (exact) mass is 566 g/mol. The molecule has 1 saturated heterocycles. The van der Waals surface area contributed by atoms with E-state index in [2.05, 4.69) is 52.3 Å². The Morgan fingerprint density at radius 2 is 1.95 bits per heavy atom. The molecule has 2 aromatic carbocycles. The number of hydrogen-bond donors (Lipinski definition) is 1. The van der Waals surface area contributed by atoms with Crippen LogP contribution in [0.15, 0.2) is 54.7 Å². The Hall–Kier alpha value is -3.38. The van der Waals surface area contributed by atoms with Gasteiger partial charge < -0.3 is 14.6 Å². The number of hydrogen-bond acceptors (Lipinski definition) is 5. The fraction of sp³-hybridized carbons (Fsp3) is 0.500. The summed E-state index contributed by atoms with van der Waals surface area (Å²) in [5, 5.41) is 9.79. The molecule has 2 aliphatic heterocycles. The number of nitrogens with zero attached hydrogens (tertiary/aromatic N) is 2. The summed E-state index contributed by atoms with van der Waals surface area (Å²) in [6, 6.07) is 17.4. The highest BCUT2D eigenvalue weighted by atomic mass is 16.5. The number of aromatic nitrogens is 1. The molecule has 220 valence electrons. The van der Waals surface area contributed by atoms with Crippen molar-refractivity contribution in [3.8, 4) is 22.8 Å². The van der Waals surface area contributed by atoms with Gasteiger partial charge in [0.15, 0.2) is 0 Å². The minimum Gasteiger partial charge on any atom is -0.485 e. The number of pyridine rings is 1. The number of ether oxygens (including phenoxy) is 2. The standard InChI is InChI=1S/C36H42N2O4/c1-23(35(39)40)34(25-6-7-25)28-8-5-24-10-12-31(42-32(24)20-28)27-9-11-30(26-13-17-37-33(21-26)41-2)29(19-27)22-38-18-4-3-14-36(38)15-16-36/h5,8-9,11,13,17,19-21,23,25,31,34H,3-4,6-7,10,12,14-16,18,22H2,1-2H3,(H,39,40)/t23-,31-,34-/m0/s1. The average Bonchev–Trinajstić information content (AvgIpc) is 3.96. The third-order valence-corrected chi connectivity index (χ3v) is 10.4. The van der Waals surface area contributed by atoms with E-state index in [1.54, 1.807) is 7.11 Å². The highest BCUT2D eigenvalue weighted by Gasteiger charge is 2.48. The van der Waals surface area contributed by atoms with Crippen LogP contribution in [0.2, 0.25) is 0 Å². The van der Waals surface area contributed by atoms with Gasteiger partial charge in [0, 0.05) is 24.3 Å². The molecule has 7 rings (SSSR count). The number of aryl methyl sites for hydroxylation is 1. The second kappa shape index (κ2) is 11.0. The molecule has 0 bridgehead atoms. The summed E-state index contributed by atoms with van der Waals surface area (Å²) in [6.07, 6.45) is 12.5. The molecule has 2 saturated carbocycles. The maximum Gasteiger partial charge on any atom is 0.306 e. The summed E-state index contributed by atoms with van der Waals surface area (Å²) in [6.45, 7) is 3.96. The molecule has 3 atom stereocenters. The number of carboxylic acid groups (broad SMARTS) is 1. The van der Waals surface area contributed by atoms with Crippen LogP contribution in [0.1, 0.15) is 92.6 Å². The maximum atomic E-state index is 11.9. The van der Waals surface area contributed by atoms with Gasteiger partial charge in [0.2, 0.25) is 5.88 Å². The highest BCUT2D eigenvalue weighted by Crippen LogP contribution is 2.50. The fourth-order valence-corrected chi connectivity index (χ4v) is 7.64. The van der Waals surface area contributed by atoms with E-state index >= 15 is 0 Å². The lowest BCUT2D eigenvalue weighted by molar-refractivity contribution is -0.142. The number of likely N-dealkylation sites (tertiary alicyclic amines) is 1. The van der Waals surface area contributed by atoms with Crippen molar-refractivity contribution in [2.75, 3.05) is 13.7 Å². The first-order valence-corrected chi connectivity index (χ1v) is 15.8. The van der Waals surface area contributed by atoms with Gasteiger partial charge in [-0.1, -0.05) is 43.7 Å². The van der Waals surface area contributed by atoms with Crippen molar-refractivity contribution in [2.24, 2.45) is 11.8 Å². The number of rotatable bonds is 9. The van der Waals surface area contributed by atoms with Crippen molar-refractivity contribution in [3.05, 3.63) is 77.0 Å². The van der Waals surface area contributed by atoms with Crippen molar-refractivity contribution in [2.45, 2.75) is 88.8 Å². The average molecular weight is 567 g/mol. The molecule has 42 heavy (non-hydrogen) atoms. The first-order chi connectivity index (χ1) is 20.4. The summed E-state index contributed by atoms with van der Waals surface area (Å²) in [5.74, 6) is 0.929. The van der Waals surface area contributed by atoms with E-state index < -0.39 is 11.9 Å². The molecule has 1 aromatic heterocycles. The van der Waals surface area contributed by atoms with Crippen LogP contribution in [-0.2, 0) is 17.8 Å². The third-order valence-electron chi connectivity index (χ3n) is 10.4. The molecule has 4 aliphatic rings. The Bertz CT molecular complexity index is 1480. The number of piperidine rings is 1. The number of aliphatic carboxylic acids is 1. The quantitative estimate of drug-likeness (QED) is 0.288. The van der Waals surface area contributed by atoms with Gasteiger partial charge in [-0.2, -0.15) is 0 Å². The zero-order valence-corrected chi connectivity index (χ0v) is 24.9. The SMILES string of the molecule is COc1cc(-c2ccc([C@@H]3CCc4ccc([C@H](C5CC5)[C@H](C)C(=O)O)cc4O3)cc2CN2CCCCC23CC3)ccn1. The van der Waals surface area contributed by atoms with Crippen LogP contribution in [-0.4, -0.2) is 40.2 Å². The minimum atomic E-state index is -0.718. The van der Waals surface area contributed by atoms with Crippen molar-refractivity contribution in [1.29, 1.82) is 0 Å². The third kappa shape index (κ3) is 5.30. The molecule has 0 radical (unpaired) electrons. The van der Waals surface area contributed by atoms with E-state index in [0.717, 1.165) is 55.6 Å². The van der Waals surface area contributed by atoms with Gasteiger partial charge in [-0.3, -0.25) is 9.69 Å². The fourth-order valence-electron chi connectivity index (χ4n) is 7.64. The van der Waals surface area contributed by atoms with E-state index in [9.17, 15) is 9.90 Å². The summed E-state index contributed by atoms with van der Waals surface area (Å²) < 4.78 is 12.2. The Balaban J connectivity index is 1.20. The second-order valence-electron chi connectivity index (χ2n) is 13.1. The molecule has 0 amide bonds. The van der Waals surface area contributed by atoms with Gasteiger partial charge in [-0.15, -0.1) is 0 Å². The van der Waals surface area contributed by atoms with Crippen molar-refractivity contribution in [3.63, 3.8) is 0 Å². The molecule has 6 nitrogen and oxygen atoms in total. The van der Waals surface area contributed by atoms with Gasteiger partial charge in [-0.25, -0.2) is 4.98 Å². The highest BCUT2D eigenvalue weighted by molar-refractivity contribution is 5.71. The van der Waals surface area contributed by atoms with Crippen molar-refractivity contribution >= 4 is 5.97 Å². The Labute approximate surface area is 249 Å². The summed E-state index contributed by atoms with van der Waals surface area (Å²) >= 11 is 0. The summed E-state index contributed by atoms with van der Waals surface area (Å²) in [4.78, 5) is 19.0. The second-order valence-corrected chi connectivity index (χ2v) is 13.1. The smallest absolute Gasteiger partial charge is 0.306 e. The van der Waals surface area contributed by atoms with Gasteiger partial charge in [0.1, 0.15) is 11.9 Å². The maximum absolute atomic E-state index is 11.9. The predicted octanol–water partition coefficient (Wildman–Crippen LogP) is 7.56. The molecular formula is C36H42N2O4. The van der Waals surface area contributed by atoms with Crippen LogP contribution < -0.4 is 9.47 Å². The molecule has 3 fully saturated rings. The molecule has 0 unspecified atom stereocenters. The van der Waals surface area contributed by atoms with Crippen LogP contribution >= 0.6 is 0 Å². The number of carbonyl (C=O) groups is 1. The number of fused-ring (bicyclic) bond motifs is 1. The molecule has 1 N–H and O–H groups in total. The Morgan fingerprint density at radius 3 is 2.71 bits per heavy atom. The zero-order chi connectivity index (χ0) is 28.8. The number of carboxylic acids is 1. The van der Waals surface area contributed by atoms with Crippen LogP contribution in [0.3, 0.4) is 0 Å². The van der Waals surface area contributed by atoms with Gasteiger partial charge in [0.25, 0.3) is 0 Å². The zero-order valence-electron chi connectivity index (χ0n) is 24.9. The van der Waals surface area contributed by atoms with Gasteiger partial charge in [0.05, 0.1) is 13.0 Å². The lowest BCUT2D eigenvalue weighted by Crippen LogP contribution is -2.40. The van der Waals surface area contributed by atoms with E-state index in [4.69, 9.17) is 9.47 Å². The van der Waals surface area contributed by atoms with E-state index in [-0.39, 0.29) is 12.0 Å². The van der Waals surface area contributed by atoms with Crippen LogP contribution in [0, 0.1) is 11.8 Å². The van der Waals surface area contributed by atoms with E-state index in [1.165, 1.54) is 54.4 Å². The summed E-state index contributed by atoms with van der Waals surface area (Å²) in [7, 11) is 1.67. The molecule has 2 aliphatic carbocycles. The Kier molecular flexibility index (Phi) is 7.21. The van der Waals surface area contributed by atoms with Crippen LogP contribution in [0.25, 0.3) is 11.1 Å². The number of methoxy groups -OCH3 is 1. The lowest BCUT2D eigenvalue weighted by Gasteiger charge is -2.37. The van der Waals surface area contributed by atoms with E-state index in [1.807, 2.05) is 19.2 Å². The molecule has 1 spiro atoms. The lowest BCUT2D eigenvalue weighted by atomic mass is 9.82. The van der Waals surface area contributed by atoms with Crippen molar-refractivity contribution in [1.82, 2.24) is 9.88 Å². The molecule has 3 aromatic rings. The molecule has 3 heterocycles. The van der Waals surface area contributed by atoms with Gasteiger partial charge >= 0.3 is 5.97 Å². The van der Waals surface area contributed by atoms with E-state index in [0.29, 0.717) is 17.3 Å². The predicted molar refractivity (Wildman–Crippen MR) is 163 cm³/mol. The topological polar surface area (TPSA) is 71.9 Å². The summed E-state index contributed by atoms with van der Waals surface area (Å²) in [5.41, 5.74) is 7.64. The largest absolute Gasteiger partial charge is 0.485 e. The normalized spacial score (nSPS) is 22.6. The Morgan fingerprint density at radius 1 is 1.10 bits per heavy atom. The van der Waals surface area contributed by atoms with Crippen molar-refractivity contribution < 1.29 is 19.4 Å². The minimum absolute atomic E-state index is 0.0277. The van der Waals surface area contributed by atoms with Gasteiger partial charge in [-0.05, 0) is 115 Å². The van der Waals surface area contributed by atoms with Crippen LogP contribution in [0.4, 0.5) is 0 Å². The molecular weight excluding hydrogens is 524 g/mol. The first-order valence-electron chi connectivity index (χ1n) is 15.8. The van der Waals surface area contributed by atoms with Crippen LogP contribution in [0.5, 0.6) is 11.6 Å². The first kappa shape index (κ1) is 27.5.